The number of hydrogen-bond donors (Lipinski definition) is 2. The maximum Gasteiger partial charge on any atom is 0.280 e. The first-order valence-electron chi connectivity index (χ1n) is 7.42. The summed E-state index contributed by atoms with van der Waals surface area (Å²) in [5, 5.41) is 13.2. The zero-order chi connectivity index (χ0) is 17.4. The fraction of sp³-hybridized carbons (Fsp3) is 0.125. The van der Waals surface area contributed by atoms with E-state index in [1.165, 1.54) is 10.9 Å². The second kappa shape index (κ2) is 5.78. The van der Waals surface area contributed by atoms with E-state index < -0.39 is 5.91 Å². The fourth-order valence-corrected chi connectivity index (χ4v) is 2.54. The fourth-order valence-electron chi connectivity index (χ4n) is 2.54. The van der Waals surface area contributed by atoms with Crippen molar-refractivity contribution in [2.75, 3.05) is 17.7 Å². The summed E-state index contributed by atoms with van der Waals surface area (Å²) in [7, 11) is 1.56. The molecule has 2 amide bonds. The highest BCUT2D eigenvalue weighted by Gasteiger charge is 2.28. The number of fused-ring (bicyclic) bond motifs is 2. The molecule has 9 nitrogen and oxygen atoms in total. The number of benzene rings is 1. The molecule has 0 spiro atoms. The van der Waals surface area contributed by atoms with Gasteiger partial charge in [-0.3, -0.25) is 9.59 Å². The van der Waals surface area contributed by atoms with Crippen molar-refractivity contribution in [2.45, 2.75) is 6.54 Å². The molecule has 0 bridgehead atoms. The second-order valence-corrected chi connectivity index (χ2v) is 5.34. The summed E-state index contributed by atoms with van der Waals surface area (Å²) in [5.41, 5.74) is 1.00. The van der Waals surface area contributed by atoms with E-state index in [2.05, 4.69) is 20.9 Å². The lowest BCUT2D eigenvalue weighted by Crippen LogP contribution is -2.18. The molecule has 1 aliphatic heterocycles. The van der Waals surface area contributed by atoms with Crippen LogP contribution in [0.4, 0.5) is 11.5 Å². The lowest BCUT2D eigenvalue weighted by molar-refractivity contribution is 0.102. The highest BCUT2D eigenvalue weighted by atomic mass is 16.5. The number of furan rings is 1. The van der Waals surface area contributed by atoms with Crippen molar-refractivity contribution in [1.29, 1.82) is 0 Å². The minimum Gasteiger partial charge on any atom is -0.497 e. The third-order valence-electron chi connectivity index (χ3n) is 3.81. The molecule has 9 heteroatoms. The van der Waals surface area contributed by atoms with Crippen LogP contribution in [0, 0.1) is 0 Å². The minimum atomic E-state index is -0.481. The Bertz CT molecular complexity index is 957. The van der Waals surface area contributed by atoms with Gasteiger partial charge >= 0.3 is 0 Å². The van der Waals surface area contributed by atoms with Crippen LogP contribution in [-0.4, -0.2) is 33.9 Å². The van der Waals surface area contributed by atoms with Gasteiger partial charge in [0.15, 0.2) is 11.5 Å². The van der Waals surface area contributed by atoms with Crippen LogP contribution in [0.25, 0.3) is 0 Å². The molecule has 0 aliphatic carbocycles. The summed E-state index contributed by atoms with van der Waals surface area (Å²) in [5.74, 6) is 0.510. The zero-order valence-electron chi connectivity index (χ0n) is 13.1. The molecule has 3 heterocycles. The van der Waals surface area contributed by atoms with Crippen molar-refractivity contribution in [3.05, 3.63) is 53.6 Å². The second-order valence-electron chi connectivity index (χ2n) is 5.34. The van der Waals surface area contributed by atoms with E-state index in [-0.39, 0.29) is 24.0 Å². The van der Waals surface area contributed by atoms with E-state index in [9.17, 15) is 9.59 Å². The number of ether oxygens (including phenoxy) is 1. The first-order chi connectivity index (χ1) is 12.2. The Balaban J connectivity index is 1.60. The molecular formula is C16H13N5O4. The van der Waals surface area contributed by atoms with Gasteiger partial charge in [0.05, 0.1) is 18.9 Å². The zero-order valence-corrected chi connectivity index (χ0v) is 13.1. The molecule has 0 unspecified atom stereocenters. The molecule has 0 radical (unpaired) electrons. The van der Waals surface area contributed by atoms with E-state index >= 15 is 0 Å². The number of methoxy groups -OCH3 is 1. The van der Waals surface area contributed by atoms with Crippen molar-refractivity contribution in [1.82, 2.24) is 15.0 Å². The highest BCUT2D eigenvalue weighted by molar-refractivity contribution is 6.11. The molecule has 126 valence electrons. The van der Waals surface area contributed by atoms with E-state index in [0.717, 1.165) is 0 Å². The van der Waals surface area contributed by atoms with Crippen LogP contribution in [0.5, 0.6) is 5.75 Å². The number of carbonyl (C=O) groups excluding carboxylic acids is 2. The Morgan fingerprint density at radius 1 is 1.32 bits per heavy atom. The van der Waals surface area contributed by atoms with Crippen LogP contribution in [0.2, 0.25) is 0 Å². The maximum absolute atomic E-state index is 12.5. The Kier molecular flexibility index (Phi) is 3.46. The van der Waals surface area contributed by atoms with E-state index in [1.807, 2.05) is 0 Å². The van der Waals surface area contributed by atoms with Gasteiger partial charge in [-0.05, 0) is 30.3 Å². The number of nitrogens with zero attached hydrogens (tertiary/aromatic N) is 3. The molecule has 1 aromatic carbocycles. The van der Waals surface area contributed by atoms with Crippen molar-refractivity contribution in [3.8, 4) is 5.75 Å². The maximum atomic E-state index is 12.5. The summed E-state index contributed by atoms with van der Waals surface area (Å²) >= 11 is 0. The number of amides is 2. The number of nitrogens with one attached hydrogen (secondary N) is 2. The lowest BCUT2D eigenvalue weighted by atomic mass is 10.2. The molecule has 0 saturated carbocycles. The lowest BCUT2D eigenvalue weighted by Gasteiger charge is -2.07. The Labute approximate surface area is 141 Å². The first-order valence-corrected chi connectivity index (χ1v) is 7.42. The topological polar surface area (TPSA) is 111 Å². The number of aromatic nitrogens is 3. The predicted molar refractivity (Wildman–Crippen MR) is 86.7 cm³/mol. The van der Waals surface area contributed by atoms with Crippen molar-refractivity contribution in [2.24, 2.45) is 0 Å². The summed E-state index contributed by atoms with van der Waals surface area (Å²) in [4.78, 5) is 24.7. The van der Waals surface area contributed by atoms with Crippen LogP contribution >= 0.6 is 0 Å². The van der Waals surface area contributed by atoms with Gasteiger partial charge in [-0.1, -0.05) is 5.21 Å². The van der Waals surface area contributed by atoms with Crippen molar-refractivity contribution in [3.63, 3.8) is 0 Å². The van der Waals surface area contributed by atoms with Gasteiger partial charge < -0.3 is 19.8 Å². The molecule has 0 saturated heterocycles. The smallest absolute Gasteiger partial charge is 0.280 e. The Morgan fingerprint density at radius 2 is 2.12 bits per heavy atom. The van der Waals surface area contributed by atoms with Gasteiger partial charge in [-0.25, -0.2) is 4.68 Å². The van der Waals surface area contributed by atoms with E-state index in [1.54, 1.807) is 37.4 Å². The number of carbonyl (C=O) groups is 2. The average Bonchev–Trinajstić information content (AvgIpc) is 3.21. The van der Waals surface area contributed by atoms with E-state index in [0.29, 0.717) is 22.8 Å². The highest BCUT2D eigenvalue weighted by Crippen LogP contribution is 2.24. The van der Waals surface area contributed by atoms with Crippen LogP contribution in [-0.2, 0) is 6.54 Å². The van der Waals surface area contributed by atoms with Gasteiger partial charge in [-0.2, -0.15) is 0 Å². The molecule has 0 atom stereocenters. The van der Waals surface area contributed by atoms with Crippen molar-refractivity contribution >= 4 is 23.3 Å². The third-order valence-corrected chi connectivity index (χ3v) is 3.81. The summed E-state index contributed by atoms with van der Waals surface area (Å²) in [6.45, 7) is 0.208. The third kappa shape index (κ3) is 2.61. The molecular weight excluding hydrogens is 326 g/mol. The molecule has 2 N–H and O–H groups in total. The molecule has 3 aromatic rings. The summed E-state index contributed by atoms with van der Waals surface area (Å²) in [6.07, 6.45) is 1.43. The Morgan fingerprint density at radius 3 is 2.88 bits per heavy atom. The van der Waals surface area contributed by atoms with Gasteiger partial charge in [0.25, 0.3) is 11.8 Å². The van der Waals surface area contributed by atoms with Gasteiger partial charge in [0.2, 0.25) is 0 Å². The molecule has 2 aromatic heterocycles. The summed E-state index contributed by atoms with van der Waals surface area (Å²) < 4.78 is 11.8. The van der Waals surface area contributed by atoms with Gasteiger partial charge in [0.1, 0.15) is 18.1 Å². The molecule has 25 heavy (non-hydrogen) atoms. The van der Waals surface area contributed by atoms with Gasteiger partial charge in [-0.15, -0.1) is 5.10 Å². The quantitative estimate of drug-likeness (QED) is 0.752. The first kappa shape index (κ1) is 14.9. The monoisotopic (exact) mass is 339 g/mol. The van der Waals surface area contributed by atoms with Crippen LogP contribution in [0.3, 0.4) is 0 Å². The normalized spacial score (nSPS) is 12.6. The van der Waals surface area contributed by atoms with Gasteiger partial charge in [0, 0.05) is 5.69 Å². The predicted octanol–water partition coefficient (Wildman–Crippen LogP) is 1.75. The summed E-state index contributed by atoms with van der Waals surface area (Å²) in [6, 6.07) is 8.42. The van der Waals surface area contributed by atoms with Crippen LogP contribution < -0.4 is 15.4 Å². The minimum absolute atomic E-state index is 0.0225. The Hall–Kier alpha value is -3.62. The largest absolute Gasteiger partial charge is 0.497 e. The number of rotatable bonds is 3. The van der Waals surface area contributed by atoms with Crippen molar-refractivity contribution < 1.29 is 18.7 Å². The van der Waals surface area contributed by atoms with Crippen LogP contribution in [0.15, 0.2) is 41.0 Å². The number of hydrogen-bond acceptors (Lipinski definition) is 6. The van der Waals surface area contributed by atoms with E-state index in [4.69, 9.17) is 9.15 Å². The van der Waals surface area contributed by atoms with Crippen LogP contribution in [0.1, 0.15) is 26.6 Å². The number of anilines is 2. The molecule has 1 aliphatic rings. The molecule has 4 rings (SSSR count). The molecule has 0 fully saturated rings. The SMILES string of the molecule is COc1ccc(NC(=O)c2nnn3c2NC(=O)c2ccoc2C3)cc1. The average molecular weight is 339 g/mol. The standard InChI is InChI=1S/C16H13N5O4/c1-24-10-4-2-9(3-5-10)17-16(23)13-14-18-15(22)11-6-7-25-12(11)8-21(14)20-19-13/h2-7H,8H2,1H3,(H,17,23)(H,18,22).